The molecule has 7 nitrogen and oxygen atoms in total. The van der Waals surface area contributed by atoms with Crippen LogP contribution in [0.3, 0.4) is 0 Å². The highest BCUT2D eigenvalue weighted by atomic mass is 17.4. The molecule has 0 aromatic rings. The van der Waals surface area contributed by atoms with Crippen molar-refractivity contribution >= 4 is 0 Å². The van der Waals surface area contributed by atoms with Gasteiger partial charge >= 0.3 is 0 Å². The zero-order valence-electron chi connectivity index (χ0n) is 11.6. The minimum atomic E-state index is -0.768. The monoisotopic (exact) mass is 283 g/mol. The number of hydrogen-bond donors (Lipinski definition) is 0. The van der Waals surface area contributed by atoms with Gasteiger partial charge in [-0.25, -0.2) is 0 Å². The van der Waals surface area contributed by atoms with Gasteiger partial charge in [-0.15, -0.1) is 0 Å². The van der Waals surface area contributed by atoms with Gasteiger partial charge in [-0.05, 0) is 37.1 Å². The molecule has 0 unspecified atom stereocenters. The largest absolute Gasteiger partial charge is 0.234 e. The lowest BCUT2D eigenvalue weighted by molar-refractivity contribution is -0.663. The summed E-state index contributed by atoms with van der Waals surface area (Å²) in [5.41, 5.74) is 8.35. The van der Waals surface area contributed by atoms with Crippen molar-refractivity contribution in [3.8, 4) is 0 Å². The molecule has 2 saturated carbocycles. The lowest BCUT2D eigenvalue weighted by Crippen LogP contribution is -2.52. The maximum absolute atomic E-state index is 8.35. The van der Waals surface area contributed by atoms with Crippen LogP contribution in [0, 0.1) is 5.92 Å². The molecule has 1 heterocycles. The molecule has 7 heteroatoms. The molecule has 2 spiro atoms. The Morgan fingerprint density at radius 2 is 1.45 bits per heavy atom. The molecule has 1 saturated heterocycles. The molecule has 3 rings (SSSR count). The van der Waals surface area contributed by atoms with Gasteiger partial charge in [0.15, 0.2) is 0 Å². The molecule has 0 atom stereocenters. The zero-order valence-corrected chi connectivity index (χ0v) is 11.6. The summed E-state index contributed by atoms with van der Waals surface area (Å²) in [5, 5.41) is 3.63. The van der Waals surface area contributed by atoms with Gasteiger partial charge in [-0.2, -0.15) is 19.6 Å². The van der Waals surface area contributed by atoms with E-state index < -0.39 is 11.6 Å². The minimum Gasteiger partial charge on any atom is -0.195 e. The first kappa shape index (κ1) is 14.1. The van der Waals surface area contributed by atoms with E-state index in [1.807, 2.05) is 0 Å². The predicted octanol–water partition coefficient (Wildman–Crippen LogP) is 3.75. The van der Waals surface area contributed by atoms with Crippen molar-refractivity contribution in [2.75, 3.05) is 6.54 Å². The summed E-state index contributed by atoms with van der Waals surface area (Å²) in [5.74, 6) is -1.06. The fourth-order valence-corrected chi connectivity index (χ4v) is 3.21. The lowest BCUT2D eigenvalue weighted by Gasteiger charge is -2.46. The molecule has 112 valence electrons. The first-order valence-electron chi connectivity index (χ1n) is 7.51. The third-order valence-corrected chi connectivity index (χ3v) is 4.58. The Morgan fingerprint density at radius 1 is 0.900 bits per heavy atom. The maximum atomic E-state index is 8.35. The first-order chi connectivity index (χ1) is 9.76. The van der Waals surface area contributed by atoms with Gasteiger partial charge in [0.1, 0.15) is 0 Å². The highest BCUT2D eigenvalue weighted by Crippen LogP contribution is 2.44. The quantitative estimate of drug-likeness (QED) is 0.334. The summed E-state index contributed by atoms with van der Waals surface area (Å²) < 4.78 is 0. The Kier molecular flexibility index (Phi) is 4.14. The summed E-state index contributed by atoms with van der Waals surface area (Å²) in [7, 11) is 0. The molecule has 2 aliphatic carbocycles. The Balaban J connectivity index is 1.51. The first-order valence-corrected chi connectivity index (χ1v) is 7.51. The van der Waals surface area contributed by atoms with E-state index in [9.17, 15) is 0 Å². The Hall–Kier alpha value is -0.850. The second-order valence-corrected chi connectivity index (χ2v) is 6.07. The van der Waals surface area contributed by atoms with Gasteiger partial charge in [0.25, 0.3) is 0 Å². The van der Waals surface area contributed by atoms with Crippen LogP contribution in [0.2, 0.25) is 0 Å². The number of nitrogens with zero attached hydrogens (tertiary/aromatic N) is 3. The standard InChI is InChI=1S/C13H21N3O4/c14-16-15-10-11-4-8-13(9-5-11)19-17-12(18-20-13)6-2-1-3-7-12/h11H,1-10H2. The highest BCUT2D eigenvalue weighted by molar-refractivity contribution is 4.82. The van der Waals surface area contributed by atoms with Crippen LogP contribution in [0.25, 0.3) is 10.4 Å². The van der Waals surface area contributed by atoms with E-state index >= 15 is 0 Å². The molecule has 0 bridgehead atoms. The van der Waals surface area contributed by atoms with Crippen molar-refractivity contribution in [3.63, 3.8) is 0 Å². The SMILES string of the molecule is [N-]=[N+]=NCC1CCC2(CC1)OOC1(CCCCC1)OO2. The summed E-state index contributed by atoms with van der Waals surface area (Å²) in [4.78, 5) is 25.2. The van der Waals surface area contributed by atoms with Crippen molar-refractivity contribution in [1.29, 1.82) is 0 Å². The minimum absolute atomic E-state index is 0.397. The number of hydrogen-bond acceptors (Lipinski definition) is 5. The third-order valence-electron chi connectivity index (χ3n) is 4.58. The van der Waals surface area contributed by atoms with Crippen molar-refractivity contribution in [2.24, 2.45) is 11.0 Å². The Morgan fingerprint density at radius 3 is 2.00 bits per heavy atom. The molecule has 3 aliphatic rings. The fraction of sp³-hybridized carbons (Fsp3) is 1.00. The van der Waals surface area contributed by atoms with Gasteiger partial charge < -0.3 is 0 Å². The lowest BCUT2D eigenvalue weighted by atomic mass is 9.85. The molecular formula is C13H21N3O4. The molecule has 0 N–H and O–H groups in total. The van der Waals surface area contributed by atoms with E-state index in [-0.39, 0.29) is 0 Å². The van der Waals surface area contributed by atoms with Gasteiger partial charge in [-0.1, -0.05) is 11.5 Å². The Labute approximate surface area is 118 Å². The predicted molar refractivity (Wildman–Crippen MR) is 68.9 cm³/mol. The Bertz CT molecular complexity index is 371. The maximum Gasteiger partial charge on any atom is 0.234 e. The summed E-state index contributed by atoms with van der Waals surface area (Å²) in [6.07, 6.45) is 8.19. The van der Waals surface area contributed by atoms with Crippen LogP contribution in [0.1, 0.15) is 57.8 Å². The van der Waals surface area contributed by atoms with E-state index in [1.165, 1.54) is 6.42 Å². The summed E-state index contributed by atoms with van der Waals surface area (Å²) in [6.45, 7) is 0.540. The zero-order chi connectivity index (χ0) is 13.9. The van der Waals surface area contributed by atoms with E-state index in [0.717, 1.165) is 38.5 Å². The van der Waals surface area contributed by atoms with Crippen LogP contribution < -0.4 is 0 Å². The normalized spacial score (nSPS) is 29.2. The van der Waals surface area contributed by atoms with E-state index in [4.69, 9.17) is 25.1 Å². The molecule has 0 radical (unpaired) electrons. The second-order valence-electron chi connectivity index (χ2n) is 6.07. The third kappa shape index (κ3) is 2.92. The summed E-state index contributed by atoms with van der Waals surface area (Å²) in [6, 6.07) is 0. The fourth-order valence-electron chi connectivity index (χ4n) is 3.21. The molecular weight excluding hydrogens is 262 g/mol. The number of azide groups is 1. The van der Waals surface area contributed by atoms with Crippen LogP contribution in [0.15, 0.2) is 5.11 Å². The smallest absolute Gasteiger partial charge is 0.195 e. The summed E-state index contributed by atoms with van der Waals surface area (Å²) >= 11 is 0. The van der Waals surface area contributed by atoms with Gasteiger partial charge in [0, 0.05) is 37.1 Å². The van der Waals surface area contributed by atoms with Gasteiger partial charge in [0.05, 0.1) is 0 Å². The molecule has 0 aromatic heterocycles. The van der Waals surface area contributed by atoms with Crippen LogP contribution in [-0.4, -0.2) is 18.1 Å². The van der Waals surface area contributed by atoms with Crippen molar-refractivity contribution in [1.82, 2.24) is 0 Å². The molecule has 3 fully saturated rings. The van der Waals surface area contributed by atoms with Crippen molar-refractivity contribution in [2.45, 2.75) is 69.4 Å². The number of rotatable bonds is 2. The molecule has 1 aliphatic heterocycles. The van der Waals surface area contributed by atoms with Crippen LogP contribution >= 0.6 is 0 Å². The average molecular weight is 283 g/mol. The molecule has 0 amide bonds. The van der Waals surface area contributed by atoms with Crippen LogP contribution in [0.5, 0.6) is 0 Å². The van der Waals surface area contributed by atoms with Crippen molar-refractivity contribution < 1.29 is 19.6 Å². The van der Waals surface area contributed by atoms with Crippen LogP contribution in [0.4, 0.5) is 0 Å². The van der Waals surface area contributed by atoms with Crippen LogP contribution in [-0.2, 0) is 19.6 Å². The van der Waals surface area contributed by atoms with E-state index in [1.54, 1.807) is 0 Å². The van der Waals surface area contributed by atoms with Gasteiger partial charge in [-0.3, -0.25) is 0 Å². The van der Waals surface area contributed by atoms with Gasteiger partial charge in [0.2, 0.25) is 11.6 Å². The van der Waals surface area contributed by atoms with E-state index in [0.29, 0.717) is 25.3 Å². The molecule has 20 heavy (non-hydrogen) atoms. The topological polar surface area (TPSA) is 85.7 Å². The molecule has 0 aromatic carbocycles. The average Bonchev–Trinajstić information content (AvgIpc) is 2.51. The highest BCUT2D eigenvalue weighted by Gasteiger charge is 2.50. The van der Waals surface area contributed by atoms with Crippen molar-refractivity contribution in [3.05, 3.63) is 10.4 Å². The van der Waals surface area contributed by atoms with E-state index in [2.05, 4.69) is 10.0 Å². The second kappa shape index (κ2) is 5.87.